The number of hydrogen-bond donors (Lipinski definition) is 2. The maximum Gasteiger partial charge on any atom is 0.193 e. The number of aliphatic imine (C=N–C) groups is 1. The number of hydrogen-bond acceptors (Lipinski definition) is 4. The second-order valence-electron chi connectivity index (χ2n) is 7.05. The Hall–Kier alpha value is -2.62. The van der Waals surface area contributed by atoms with Gasteiger partial charge in [0.05, 0.1) is 0 Å². The molecule has 1 saturated heterocycles. The Morgan fingerprint density at radius 2 is 1.97 bits per heavy atom. The number of nitrogens with zero attached hydrogens (tertiary/aromatic N) is 4. The summed E-state index contributed by atoms with van der Waals surface area (Å²) in [6, 6.07) is 18.3. The molecule has 2 aromatic carbocycles. The summed E-state index contributed by atoms with van der Waals surface area (Å²) >= 11 is 0. The predicted octanol–water partition coefficient (Wildman–Crippen LogP) is 3.71. The van der Waals surface area contributed by atoms with Gasteiger partial charge in [0.1, 0.15) is 18.2 Å². The van der Waals surface area contributed by atoms with E-state index in [0.717, 1.165) is 49.0 Å². The molecule has 0 atom stereocenters. The van der Waals surface area contributed by atoms with Crippen molar-refractivity contribution in [3.05, 3.63) is 66.5 Å². The molecule has 0 saturated carbocycles. The topological polar surface area (TPSA) is 78.4 Å². The second-order valence-corrected chi connectivity index (χ2v) is 7.05. The number of nitrogens with one attached hydrogen (secondary N) is 2. The summed E-state index contributed by atoms with van der Waals surface area (Å²) in [5.74, 6) is 2.64. The lowest BCUT2D eigenvalue weighted by atomic mass is 10.1. The van der Waals surface area contributed by atoms with Crippen molar-refractivity contribution < 1.29 is 4.74 Å². The van der Waals surface area contributed by atoms with Gasteiger partial charge in [0.2, 0.25) is 0 Å². The van der Waals surface area contributed by atoms with Gasteiger partial charge >= 0.3 is 0 Å². The van der Waals surface area contributed by atoms with Crippen LogP contribution in [0, 0.1) is 0 Å². The smallest absolute Gasteiger partial charge is 0.193 e. The van der Waals surface area contributed by atoms with Gasteiger partial charge in [-0.3, -0.25) is 10.1 Å². The first-order valence-corrected chi connectivity index (χ1v) is 9.94. The Labute approximate surface area is 194 Å². The molecule has 2 N–H and O–H groups in total. The third-order valence-corrected chi connectivity index (χ3v) is 5.07. The Morgan fingerprint density at radius 1 is 1.17 bits per heavy atom. The van der Waals surface area contributed by atoms with E-state index >= 15 is 0 Å². The fourth-order valence-electron chi connectivity index (χ4n) is 3.56. The molecule has 0 bridgehead atoms. The predicted molar refractivity (Wildman–Crippen MR) is 129 cm³/mol. The number of rotatable bonds is 5. The number of halogens is 1. The molecule has 1 fully saturated rings. The molecule has 1 aliphatic rings. The van der Waals surface area contributed by atoms with E-state index in [1.54, 1.807) is 0 Å². The van der Waals surface area contributed by atoms with E-state index in [4.69, 9.17) is 4.74 Å². The number of H-pyrrole nitrogens is 1. The van der Waals surface area contributed by atoms with Gasteiger partial charge in [-0.1, -0.05) is 36.4 Å². The zero-order chi connectivity index (χ0) is 19.9. The van der Waals surface area contributed by atoms with Crippen LogP contribution in [0.15, 0.2) is 65.9 Å². The Balaban J connectivity index is 0.00000256. The minimum absolute atomic E-state index is 0. The van der Waals surface area contributed by atoms with Crippen LogP contribution in [0.1, 0.15) is 18.4 Å². The molecule has 4 rings (SSSR count). The highest BCUT2D eigenvalue weighted by atomic mass is 127. The standard InChI is InChI=1S/C22H26N6O.HI/c1-23-22(24-15-17-6-5-7-18(14-17)21-25-16-26-27-21)28-12-10-20(11-13-28)29-19-8-3-2-4-9-19;/h2-9,14,16,20H,10-13,15H2,1H3,(H,23,24)(H,25,26,27);1H. The summed E-state index contributed by atoms with van der Waals surface area (Å²) in [5.41, 5.74) is 2.19. The van der Waals surface area contributed by atoms with E-state index in [0.29, 0.717) is 6.54 Å². The Bertz CT molecular complexity index is 924. The maximum atomic E-state index is 6.09. The van der Waals surface area contributed by atoms with Crippen molar-refractivity contribution >= 4 is 29.9 Å². The zero-order valence-electron chi connectivity index (χ0n) is 17.0. The van der Waals surface area contributed by atoms with Gasteiger partial charge in [-0.05, 0) is 23.8 Å². The molecule has 158 valence electrons. The molecule has 7 nitrogen and oxygen atoms in total. The molecule has 30 heavy (non-hydrogen) atoms. The third-order valence-electron chi connectivity index (χ3n) is 5.07. The Kier molecular flexibility index (Phi) is 8.06. The van der Waals surface area contributed by atoms with E-state index in [1.165, 1.54) is 11.9 Å². The summed E-state index contributed by atoms with van der Waals surface area (Å²) in [5, 5.41) is 10.3. The van der Waals surface area contributed by atoms with Crippen molar-refractivity contribution in [3.63, 3.8) is 0 Å². The number of para-hydroxylation sites is 1. The molecule has 2 heterocycles. The fourth-order valence-corrected chi connectivity index (χ4v) is 3.56. The van der Waals surface area contributed by atoms with Gasteiger partial charge in [-0.25, -0.2) is 4.98 Å². The van der Waals surface area contributed by atoms with Crippen LogP contribution < -0.4 is 10.1 Å². The van der Waals surface area contributed by atoms with Crippen LogP contribution in [0.5, 0.6) is 5.75 Å². The monoisotopic (exact) mass is 518 g/mol. The average molecular weight is 518 g/mol. The van der Waals surface area contributed by atoms with Crippen molar-refractivity contribution in [2.24, 2.45) is 4.99 Å². The molecular formula is C22H27IN6O. The Morgan fingerprint density at radius 3 is 2.67 bits per heavy atom. The van der Waals surface area contributed by atoms with Crippen molar-refractivity contribution in [1.82, 2.24) is 25.4 Å². The molecule has 0 radical (unpaired) electrons. The van der Waals surface area contributed by atoms with Crippen molar-refractivity contribution in [2.75, 3.05) is 20.1 Å². The van der Waals surface area contributed by atoms with Crippen LogP contribution in [-0.4, -0.2) is 52.3 Å². The van der Waals surface area contributed by atoms with Gasteiger partial charge in [-0.15, -0.1) is 24.0 Å². The minimum Gasteiger partial charge on any atom is -0.490 e. The van der Waals surface area contributed by atoms with E-state index in [2.05, 4.69) is 42.5 Å². The zero-order valence-corrected chi connectivity index (χ0v) is 19.3. The SMILES string of the molecule is CN=C(NCc1cccc(-c2ncn[nH]2)c1)N1CCC(Oc2ccccc2)CC1.I. The van der Waals surface area contributed by atoms with Crippen molar-refractivity contribution in [1.29, 1.82) is 0 Å². The first-order valence-electron chi connectivity index (χ1n) is 9.94. The molecule has 1 aromatic heterocycles. The van der Waals surface area contributed by atoms with E-state index < -0.39 is 0 Å². The lowest BCUT2D eigenvalue weighted by molar-refractivity contribution is 0.129. The van der Waals surface area contributed by atoms with Crippen LogP contribution in [0.25, 0.3) is 11.4 Å². The largest absolute Gasteiger partial charge is 0.490 e. The molecular weight excluding hydrogens is 491 g/mol. The molecule has 0 aliphatic carbocycles. The fraction of sp³-hybridized carbons (Fsp3) is 0.318. The summed E-state index contributed by atoms with van der Waals surface area (Å²) in [7, 11) is 1.83. The lowest BCUT2D eigenvalue weighted by Crippen LogP contribution is -2.47. The van der Waals surface area contributed by atoms with Crippen LogP contribution in [0.2, 0.25) is 0 Å². The molecule has 1 aliphatic heterocycles. The highest BCUT2D eigenvalue weighted by Gasteiger charge is 2.22. The summed E-state index contributed by atoms with van der Waals surface area (Å²) in [6.45, 7) is 2.56. The molecule has 8 heteroatoms. The van der Waals surface area contributed by atoms with Crippen LogP contribution >= 0.6 is 24.0 Å². The summed E-state index contributed by atoms with van der Waals surface area (Å²) in [6.07, 6.45) is 3.74. The number of likely N-dealkylation sites (tertiary alicyclic amines) is 1. The number of benzene rings is 2. The minimum atomic E-state index is 0. The maximum absolute atomic E-state index is 6.09. The van der Waals surface area contributed by atoms with Gasteiger partial charge in [0, 0.05) is 45.1 Å². The highest BCUT2D eigenvalue weighted by molar-refractivity contribution is 14.0. The highest BCUT2D eigenvalue weighted by Crippen LogP contribution is 2.19. The van der Waals surface area contributed by atoms with Crippen molar-refractivity contribution in [2.45, 2.75) is 25.5 Å². The normalized spacial score (nSPS) is 14.8. The molecule has 0 amide bonds. The van der Waals surface area contributed by atoms with Crippen molar-refractivity contribution in [3.8, 4) is 17.1 Å². The molecule has 0 spiro atoms. The van der Waals surface area contributed by atoms with Gasteiger partial charge in [0.15, 0.2) is 11.8 Å². The number of ether oxygens (including phenoxy) is 1. The number of guanidine groups is 1. The van der Waals surface area contributed by atoms with Crippen LogP contribution in [-0.2, 0) is 6.54 Å². The summed E-state index contributed by atoms with van der Waals surface area (Å²) < 4.78 is 6.09. The first-order chi connectivity index (χ1) is 14.3. The molecule has 0 unspecified atom stereocenters. The first kappa shape index (κ1) is 22.1. The number of aromatic amines is 1. The lowest BCUT2D eigenvalue weighted by Gasteiger charge is -2.34. The van der Waals surface area contributed by atoms with Crippen LogP contribution in [0.4, 0.5) is 0 Å². The van der Waals surface area contributed by atoms with Crippen LogP contribution in [0.3, 0.4) is 0 Å². The van der Waals surface area contributed by atoms with Gasteiger partial charge in [0.25, 0.3) is 0 Å². The summed E-state index contributed by atoms with van der Waals surface area (Å²) in [4.78, 5) is 11.0. The second kappa shape index (κ2) is 11.0. The number of piperidine rings is 1. The van der Waals surface area contributed by atoms with E-state index in [1.807, 2.05) is 49.5 Å². The van der Waals surface area contributed by atoms with E-state index in [9.17, 15) is 0 Å². The van der Waals surface area contributed by atoms with Gasteiger partial charge in [-0.2, -0.15) is 5.10 Å². The third kappa shape index (κ3) is 5.71. The van der Waals surface area contributed by atoms with Gasteiger partial charge < -0.3 is 15.0 Å². The quantitative estimate of drug-likeness (QED) is 0.306. The number of aromatic nitrogens is 3. The van der Waals surface area contributed by atoms with E-state index in [-0.39, 0.29) is 30.1 Å². The molecule has 3 aromatic rings. The average Bonchev–Trinajstić information content (AvgIpc) is 3.31.